The van der Waals surface area contributed by atoms with Gasteiger partial charge in [-0.15, -0.1) is 0 Å². The smallest absolute Gasteiger partial charge is 0.507 e. The third-order valence-electron chi connectivity index (χ3n) is 4.85. The van der Waals surface area contributed by atoms with E-state index in [0.29, 0.717) is 11.5 Å². The number of benzene rings is 3. The van der Waals surface area contributed by atoms with Gasteiger partial charge in [0.2, 0.25) is 0 Å². The summed E-state index contributed by atoms with van der Waals surface area (Å²) < 4.78 is 15.1. The van der Waals surface area contributed by atoms with Crippen LogP contribution in [0.25, 0.3) is 0 Å². The summed E-state index contributed by atoms with van der Waals surface area (Å²) in [7, 11) is 1.26. The normalized spacial score (nSPS) is 10.9. The van der Waals surface area contributed by atoms with E-state index in [-0.39, 0.29) is 11.3 Å². The minimum Gasteiger partial charge on any atom is -0.507 e. The lowest BCUT2D eigenvalue weighted by Gasteiger charge is -2.27. The van der Waals surface area contributed by atoms with E-state index in [1.165, 1.54) is 13.2 Å². The van der Waals surface area contributed by atoms with Crippen molar-refractivity contribution in [2.45, 2.75) is 19.3 Å². The summed E-state index contributed by atoms with van der Waals surface area (Å²) in [5.74, 6) is -0.00154. The fourth-order valence-electron chi connectivity index (χ4n) is 3.01. The second-order valence-electron chi connectivity index (χ2n) is 7.14. The molecule has 0 bridgehead atoms. The van der Waals surface area contributed by atoms with Crippen molar-refractivity contribution in [2.24, 2.45) is 0 Å². The van der Waals surface area contributed by atoms with Crippen molar-refractivity contribution >= 4 is 12.1 Å². The number of methoxy groups -OCH3 is 1. The number of phenolic OH excluding ortho intramolecular Hbond substituents is 1. The van der Waals surface area contributed by atoms with Gasteiger partial charge in [-0.25, -0.2) is 9.59 Å². The summed E-state index contributed by atoms with van der Waals surface area (Å²) in [4.78, 5) is 23.8. The van der Waals surface area contributed by atoms with Crippen molar-refractivity contribution in [1.29, 1.82) is 0 Å². The highest BCUT2D eigenvalue weighted by molar-refractivity contribution is 5.92. The highest BCUT2D eigenvalue weighted by atomic mass is 16.7. The number of para-hydroxylation sites is 1. The molecule has 6 heteroatoms. The van der Waals surface area contributed by atoms with Crippen LogP contribution in [-0.4, -0.2) is 24.3 Å². The van der Waals surface area contributed by atoms with Crippen LogP contribution in [0.3, 0.4) is 0 Å². The van der Waals surface area contributed by atoms with E-state index in [0.717, 1.165) is 11.1 Å². The second kappa shape index (κ2) is 8.69. The molecule has 0 saturated carbocycles. The predicted molar refractivity (Wildman–Crippen MR) is 111 cm³/mol. The molecule has 0 atom stereocenters. The number of carbonyl (C=O) groups excluding carboxylic acids is 2. The largest absolute Gasteiger partial charge is 0.519 e. The SMILES string of the molecule is COC(=O)c1cc(C(C)(C)c2ccc(OC(=O)Oc3ccccc3)cc2)ccc1O. The topological polar surface area (TPSA) is 82.1 Å². The number of esters is 1. The molecule has 30 heavy (non-hydrogen) atoms. The molecule has 0 unspecified atom stereocenters. The fourth-order valence-corrected chi connectivity index (χ4v) is 3.01. The van der Waals surface area contributed by atoms with Gasteiger partial charge in [0, 0.05) is 5.41 Å². The average molecular weight is 406 g/mol. The Morgan fingerprint density at radius 2 is 1.37 bits per heavy atom. The van der Waals surface area contributed by atoms with Gasteiger partial charge >= 0.3 is 12.1 Å². The molecule has 3 aromatic rings. The first-order valence-corrected chi connectivity index (χ1v) is 9.28. The Hall–Kier alpha value is -3.80. The van der Waals surface area contributed by atoms with Crippen molar-refractivity contribution in [3.05, 3.63) is 89.5 Å². The molecular weight excluding hydrogens is 384 g/mol. The molecule has 154 valence electrons. The third-order valence-corrected chi connectivity index (χ3v) is 4.85. The molecule has 0 aliphatic rings. The first kappa shape index (κ1) is 20.9. The highest BCUT2D eigenvalue weighted by Gasteiger charge is 2.25. The van der Waals surface area contributed by atoms with Gasteiger partial charge in [0.15, 0.2) is 0 Å². The van der Waals surface area contributed by atoms with Crippen LogP contribution in [0.2, 0.25) is 0 Å². The molecule has 0 spiro atoms. The Balaban J connectivity index is 1.76. The molecule has 0 heterocycles. The Kier molecular flexibility index (Phi) is 6.06. The van der Waals surface area contributed by atoms with Crippen LogP contribution in [0.5, 0.6) is 17.2 Å². The number of aromatic hydroxyl groups is 1. The molecule has 0 aliphatic carbocycles. The summed E-state index contributed by atoms with van der Waals surface area (Å²) in [6, 6.07) is 20.5. The zero-order chi connectivity index (χ0) is 21.7. The van der Waals surface area contributed by atoms with Crippen LogP contribution in [0.15, 0.2) is 72.8 Å². The van der Waals surface area contributed by atoms with Crippen molar-refractivity contribution in [2.75, 3.05) is 7.11 Å². The zero-order valence-corrected chi connectivity index (χ0v) is 16.9. The molecule has 1 N–H and O–H groups in total. The van der Waals surface area contributed by atoms with Gasteiger partial charge in [-0.1, -0.05) is 50.2 Å². The van der Waals surface area contributed by atoms with E-state index in [4.69, 9.17) is 14.2 Å². The van der Waals surface area contributed by atoms with Crippen molar-refractivity contribution < 1.29 is 28.9 Å². The maximum atomic E-state index is 11.9. The number of rotatable bonds is 5. The van der Waals surface area contributed by atoms with E-state index in [1.807, 2.05) is 32.0 Å². The van der Waals surface area contributed by atoms with Gasteiger partial charge in [-0.2, -0.15) is 0 Å². The molecule has 0 aromatic heterocycles. The molecule has 0 aliphatic heterocycles. The molecule has 0 fully saturated rings. The second-order valence-corrected chi connectivity index (χ2v) is 7.14. The van der Waals surface area contributed by atoms with Crippen LogP contribution in [0.4, 0.5) is 4.79 Å². The zero-order valence-electron chi connectivity index (χ0n) is 16.9. The monoisotopic (exact) mass is 406 g/mol. The van der Waals surface area contributed by atoms with Crippen LogP contribution in [0.1, 0.15) is 35.3 Å². The van der Waals surface area contributed by atoms with Crippen LogP contribution < -0.4 is 9.47 Å². The summed E-state index contributed by atoms with van der Waals surface area (Å²) >= 11 is 0. The standard InChI is InChI=1S/C24H22O6/c1-24(2,17-11-14-21(25)20(15-17)22(26)28-3)16-9-12-19(13-10-16)30-23(27)29-18-7-5-4-6-8-18/h4-15,25H,1-3H3. The van der Waals surface area contributed by atoms with Crippen molar-refractivity contribution in [1.82, 2.24) is 0 Å². The Labute approximate surface area is 174 Å². The maximum Gasteiger partial charge on any atom is 0.519 e. The quantitative estimate of drug-likeness (QED) is 0.470. The van der Waals surface area contributed by atoms with Gasteiger partial charge in [0.05, 0.1) is 7.11 Å². The highest BCUT2D eigenvalue weighted by Crippen LogP contribution is 2.34. The van der Waals surface area contributed by atoms with Crippen LogP contribution >= 0.6 is 0 Å². The number of carbonyl (C=O) groups is 2. The summed E-state index contributed by atoms with van der Waals surface area (Å²) in [5, 5.41) is 9.94. The Bertz CT molecular complexity index is 1040. The molecule has 6 nitrogen and oxygen atoms in total. The summed E-state index contributed by atoms with van der Waals surface area (Å²) in [5.41, 5.74) is 1.36. The van der Waals surface area contributed by atoms with E-state index in [2.05, 4.69) is 0 Å². The third kappa shape index (κ3) is 4.60. The van der Waals surface area contributed by atoms with Crippen LogP contribution in [-0.2, 0) is 10.2 Å². The molecular formula is C24H22O6. The molecule has 3 aromatic carbocycles. The molecule has 0 radical (unpaired) electrons. The first-order chi connectivity index (χ1) is 14.3. The lowest BCUT2D eigenvalue weighted by atomic mass is 9.77. The number of phenols is 1. The molecule has 0 saturated heterocycles. The average Bonchev–Trinajstić information content (AvgIpc) is 2.74. The summed E-state index contributed by atoms with van der Waals surface area (Å²) in [6.45, 7) is 3.97. The number of hydrogen-bond acceptors (Lipinski definition) is 6. The maximum absolute atomic E-state index is 11.9. The number of hydrogen-bond donors (Lipinski definition) is 1. The van der Waals surface area contributed by atoms with Gasteiger partial charge < -0.3 is 19.3 Å². The van der Waals surface area contributed by atoms with E-state index in [1.54, 1.807) is 48.5 Å². The molecule has 3 rings (SSSR count). The van der Waals surface area contributed by atoms with E-state index in [9.17, 15) is 14.7 Å². The predicted octanol–water partition coefficient (Wildman–Crippen LogP) is 5.08. The van der Waals surface area contributed by atoms with Gasteiger partial charge in [-0.3, -0.25) is 0 Å². The van der Waals surface area contributed by atoms with Crippen molar-refractivity contribution in [3.63, 3.8) is 0 Å². The fraction of sp³-hybridized carbons (Fsp3) is 0.167. The van der Waals surface area contributed by atoms with Gasteiger partial charge in [0.1, 0.15) is 22.8 Å². The molecule has 0 amide bonds. The Morgan fingerprint density at radius 3 is 1.97 bits per heavy atom. The lowest BCUT2D eigenvalue weighted by molar-refractivity contribution is 0.0597. The Morgan fingerprint density at radius 1 is 0.800 bits per heavy atom. The minimum atomic E-state index is -0.825. The van der Waals surface area contributed by atoms with Gasteiger partial charge in [-0.05, 0) is 47.5 Å². The van der Waals surface area contributed by atoms with E-state index < -0.39 is 17.5 Å². The van der Waals surface area contributed by atoms with E-state index >= 15 is 0 Å². The van der Waals surface area contributed by atoms with Gasteiger partial charge in [0.25, 0.3) is 0 Å². The van der Waals surface area contributed by atoms with Crippen LogP contribution in [0, 0.1) is 0 Å². The van der Waals surface area contributed by atoms with Crippen molar-refractivity contribution in [3.8, 4) is 17.2 Å². The summed E-state index contributed by atoms with van der Waals surface area (Å²) in [6.07, 6.45) is -0.825. The minimum absolute atomic E-state index is 0.103. The number of ether oxygens (including phenoxy) is 3. The lowest BCUT2D eigenvalue weighted by Crippen LogP contribution is -2.20. The first-order valence-electron chi connectivity index (χ1n) is 9.28.